The fourth-order valence-electron chi connectivity index (χ4n) is 1.76. The van der Waals surface area contributed by atoms with E-state index in [1.165, 1.54) is 18.2 Å². The van der Waals surface area contributed by atoms with Crippen LogP contribution in [0.25, 0.3) is 0 Å². The van der Waals surface area contributed by atoms with Crippen LogP contribution in [0.1, 0.15) is 26.7 Å². The Morgan fingerprint density at radius 2 is 2.19 bits per heavy atom. The van der Waals surface area contributed by atoms with Gasteiger partial charge in [-0.2, -0.15) is 0 Å². The second kappa shape index (κ2) is 7.95. The van der Waals surface area contributed by atoms with E-state index in [2.05, 4.69) is 12.2 Å². The van der Waals surface area contributed by atoms with Crippen LogP contribution in [0.3, 0.4) is 0 Å². The number of nitro benzene ring substituents is 1. The third-order valence-corrected chi connectivity index (χ3v) is 3.65. The maximum atomic E-state index is 12.2. The second-order valence-corrected chi connectivity index (χ2v) is 5.33. The number of nitrogens with zero attached hydrogens (tertiary/aromatic N) is 2. The maximum absolute atomic E-state index is 12.2. The van der Waals surface area contributed by atoms with Crippen molar-refractivity contribution in [2.24, 2.45) is 0 Å². The number of carbonyl (C=O) groups is 1. The first kappa shape index (κ1) is 17.4. The highest BCUT2D eigenvalue weighted by Gasteiger charge is 2.19. The highest BCUT2D eigenvalue weighted by atomic mass is 35.5. The number of rotatable bonds is 7. The van der Waals surface area contributed by atoms with Crippen LogP contribution in [0.4, 0.5) is 11.4 Å². The number of nitro groups is 1. The van der Waals surface area contributed by atoms with Gasteiger partial charge >= 0.3 is 0 Å². The normalized spacial score (nSPS) is 12.2. The fourth-order valence-corrected chi connectivity index (χ4v) is 1.93. The van der Waals surface area contributed by atoms with E-state index in [9.17, 15) is 14.9 Å². The number of benzene rings is 1. The molecule has 1 amide bonds. The third kappa shape index (κ3) is 4.99. The summed E-state index contributed by atoms with van der Waals surface area (Å²) in [6.07, 6.45) is 2.06. The van der Waals surface area contributed by atoms with Gasteiger partial charge < -0.3 is 5.32 Å². The zero-order valence-electron chi connectivity index (χ0n) is 12.4. The van der Waals surface area contributed by atoms with Gasteiger partial charge in [0.15, 0.2) is 0 Å². The standard InChI is InChI=1S/C14H20ClN3O3/c1-4-5-8-17(3)10(2)14(19)16-13-9-11(18(20)21)6-7-12(13)15/h6-7,9-10H,4-5,8H2,1-3H3,(H,16,19). The molecule has 21 heavy (non-hydrogen) atoms. The highest BCUT2D eigenvalue weighted by molar-refractivity contribution is 6.33. The van der Waals surface area contributed by atoms with E-state index < -0.39 is 4.92 Å². The van der Waals surface area contributed by atoms with E-state index in [1.807, 2.05) is 11.9 Å². The predicted octanol–water partition coefficient (Wildman–Crippen LogP) is 3.31. The number of nitrogens with one attached hydrogen (secondary N) is 1. The largest absolute Gasteiger partial charge is 0.323 e. The van der Waals surface area contributed by atoms with E-state index in [-0.39, 0.29) is 28.3 Å². The Morgan fingerprint density at radius 3 is 2.76 bits per heavy atom. The molecule has 1 N–H and O–H groups in total. The van der Waals surface area contributed by atoms with E-state index >= 15 is 0 Å². The zero-order valence-corrected chi connectivity index (χ0v) is 13.2. The lowest BCUT2D eigenvalue weighted by molar-refractivity contribution is -0.384. The molecule has 0 heterocycles. The quantitative estimate of drug-likeness (QED) is 0.619. The summed E-state index contributed by atoms with van der Waals surface area (Å²) in [5.41, 5.74) is 0.147. The van der Waals surface area contributed by atoms with Crippen LogP contribution in [0.2, 0.25) is 5.02 Å². The van der Waals surface area contributed by atoms with Crippen molar-refractivity contribution in [1.82, 2.24) is 4.90 Å². The van der Waals surface area contributed by atoms with E-state index in [0.29, 0.717) is 0 Å². The summed E-state index contributed by atoms with van der Waals surface area (Å²) in [7, 11) is 1.87. The van der Waals surface area contributed by atoms with Gasteiger partial charge in [-0.15, -0.1) is 0 Å². The highest BCUT2D eigenvalue weighted by Crippen LogP contribution is 2.26. The van der Waals surface area contributed by atoms with Crippen molar-refractivity contribution in [2.45, 2.75) is 32.7 Å². The first-order valence-corrected chi connectivity index (χ1v) is 7.19. The third-order valence-electron chi connectivity index (χ3n) is 3.32. The molecular weight excluding hydrogens is 294 g/mol. The van der Waals surface area contributed by atoms with Gasteiger partial charge in [0, 0.05) is 12.1 Å². The predicted molar refractivity (Wildman–Crippen MR) is 83.7 cm³/mol. The van der Waals surface area contributed by atoms with Gasteiger partial charge in [0.25, 0.3) is 5.69 Å². The summed E-state index contributed by atoms with van der Waals surface area (Å²) in [5, 5.41) is 13.7. The molecule has 0 saturated carbocycles. The SMILES string of the molecule is CCCCN(C)C(C)C(=O)Nc1cc([N+](=O)[O-])ccc1Cl. The minimum Gasteiger partial charge on any atom is -0.323 e. The van der Waals surface area contributed by atoms with E-state index in [4.69, 9.17) is 11.6 Å². The summed E-state index contributed by atoms with van der Waals surface area (Å²) in [5.74, 6) is -0.240. The zero-order chi connectivity index (χ0) is 16.0. The monoisotopic (exact) mass is 313 g/mol. The molecular formula is C14H20ClN3O3. The first-order chi connectivity index (χ1) is 9.86. The summed E-state index contributed by atoms with van der Waals surface area (Å²) in [4.78, 5) is 24.3. The Balaban J connectivity index is 2.78. The van der Waals surface area contributed by atoms with Crippen LogP contribution in [-0.2, 0) is 4.79 Å². The number of halogens is 1. The van der Waals surface area contributed by atoms with Gasteiger partial charge in [-0.05, 0) is 33.0 Å². The smallest absolute Gasteiger partial charge is 0.271 e. The molecule has 0 aromatic heterocycles. The first-order valence-electron chi connectivity index (χ1n) is 6.81. The number of likely N-dealkylation sites (N-methyl/N-ethyl adjacent to an activating group) is 1. The minimum atomic E-state index is -0.525. The van der Waals surface area contributed by atoms with Crippen molar-refractivity contribution in [2.75, 3.05) is 18.9 Å². The molecule has 1 rings (SSSR count). The number of anilines is 1. The number of carbonyl (C=O) groups excluding carboxylic acids is 1. The van der Waals surface area contributed by atoms with Crippen LogP contribution in [0.15, 0.2) is 18.2 Å². The van der Waals surface area contributed by atoms with Crippen LogP contribution in [0, 0.1) is 10.1 Å². The Kier molecular flexibility index (Phi) is 6.58. The number of hydrogen-bond donors (Lipinski definition) is 1. The molecule has 6 nitrogen and oxygen atoms in total. The maximum Gasteiger partial charge on any atom is 0.271 e. The summed E-state index contributed by atoms with van der Waals surface area (Å²) in [6.45, 7) is 4.69. The van der Waals surface area contributed by atoms with Crippen LogP contribution in [0.5, 0.6) is 0 Å². The van der Waals surface area contributed by atoms with Crippen molar-refractivity contribution in [3.8, 4) is 0 Å². The summed E-state index contributed by atoms with van der Waals surface area (Å²) in [6, 6.07) is 3.63. The lowest BCUT2D eigenvalue weighted by Crippen LogP contribution is -2.40. The lowest BCUT2D eigenvalue weighted by atomic mass is 10.2. The molecule has 0 bridgehead atoms. The summed E-state index contributed by atoms with van der Waals surface area (Å²) < 4.78 is 0. The second-order valence-electron chi connectivity index (χ2n) is 4.92. The molecule has 0 spiro atoms. The number of amides is 1. The molecule has 0 aliphatic carbocycles. The Bertz CT molecular complexity index is 522. The molecule has 1 aromatic rings. The minimum absolute atomic E-state index is 0.110. The lowest BCUT2D eigenvalue weighted by Gasteiger charge is -2.23. The fraction of sp³-hybridized carbons (Fsp3) is 0.500. The van der Waals surface area contributed by atoms with Gasteiger partial charge in [-0.3, -0.25) is 19.8 Å². The molecule has 0 aliphatic rings. The molecule has 1 aromatic carbocycles. The van der Waals surface area contributed by atoms with Crippen LogP contribution in [-0.4, -0.2) is 35.4 Å². The molecule has 1 unspecified atom stereocenters. The van der Waals surface area contributed by atoms with Crippen molar-refractivity contribution < 1.29 is 9.72 Å². The molecule has 0 aliphatic heterocycles. The Hall–Kier alpha value is -1.66. The topological polar surface area (TPSA) is 75.5 Å². The molecule has 0 fully saturated rings. The molecule has 1 atom stereocenters. The Labute approximate surface area is 129 Å². The number of non-ortho nitro benzene ring substituents is 1. The van der Waals surface area contributed by atoms with Crippen molar-refractivity contribution in [3.05, 3.63) is 33.3 Å². The van der Waals surface area contributed by atoms with Gasteiger partial charge in [-0.1, -0.05) is 24.9 Å². The van der Waals surface area contributed by atoms with Crippen molar-refractivity contribution in [3.63, 3.8) is 0 Å². The Morgan fingerprint density at radius 1 is 1.52 bits per heavy atom. The van der Waals surface area contributed by atoms with E-state index in [0.717, 1.165) is 19.4 Å². The van der Waals surface area contributed by atoms with Gasteiger partial charge in [-0.25, -0.2) is 0 Å². The molecule has 0 radical (unpaired) electrons. The summed E-state index contributed by atoms with van der Waals surface area (Å²) >= 11 is 5.96. The van der Waals surface area contributed by atoms with Gasteiger partial charge in [0.1, 0.15) is 0 Å². The number of hydrogen-bond acceptors (Lipinski definition) is 4. The molecule has 116 valence electrons. The van der Waals surface area contributed by atoms with Crippen molar-refractivity contribution in [1.29, 1.82) is 0 Å². The van der Waals surface area contributed by atoms with Gasteiger partial charge in [0.05, 0.1) is 21.7 Å². The molecule has 0 saturated heterocycles. The van der Waals surface area contributed by atoms with Gasteiger partial charge in [0.2, 0.25) is 5.91 Å². The van der Waals surface area contributed by atoms with Crippen LogP contribution >= 0.6 is 11.6 Å². The van der Waals surface area contributed by atoms with Crippen molar-refractivity contribution >= 4 is 28.9 Å². The number of unbranched alkanes of at least 4 members (excludes halogenated alkanes) is 1. The van der Waals surface area contributed by atoms with E-state index in [1.54, 1.807) is 6.92 Å². The average molecular weight is 314 g/mol. The average Bonchev–Trinajstić information content (AvgIpc) is 2.45. The van der Waals surface area contributed by atoms with Crippen LogP contribution < -0.4 is 5.32 Å². The molecule has 7 heteroatoms.